The third-order valence-corrected chi connectivity index (χ3v) is 2.86. The molecule has 18 heavy (non-hydrogen) atoms. The van der Waals surface area contributed by atoms with E-state index in [1.807, 2.05) is 59.9 Å². The van der Waals surface area contributed by atoms with Crippen LogP contribution in [0.3, 0.4) is 0 Å². The zero-order chi connectivity index (χ0) is 13.1. The molecule has 2 aromatic rings. The molecule has 2 aromatic heterocycles. The minimum Gasteiger partial charge on any atom is -0.195 e. The zero-order valence-electron chi connectivity index (χ0n) is 10.5. The molecule has 2 heteroatoms. The number of hydrogen-bond acceptors (Lipinski definition) is 0. The molecule has 0 N–H and O–H groups in total. The van der Waals surface area contributed by atoms with Gasteiger partial charge in [-0.05, 0) is 12.1 Å². The van der Waals surface area contributed by atoms with Crippen LogP contribution in [-0.2, 0) is 14.1 Å². The SMILES string of the molecule is C#Cc1ccc(-c2ccc(C#C)c[n+]2C)[n+](C)c1. The molecule has 0 aliphatic heterocycles. The van der Waals surface area contributed by atoms with E-state index in [0.29, 0.717) is 0 Å². The summed E-state index contributed by atoms with van der Waals surface area (Å²) in [4.78, 5) is 0. The van der Waals surface area contributed by atoms with Crippen molar-refractivity contribution in [1.29, 1.82) is 0 Å². The van der Waals surface area contributed by atoms with Crippen LogP contribution < -0.4 is 9.13 Å². The van der Waals surface area contributed by atoms with Gasteiger partial charge in [-0.15, -0.1) is 12.8 Å². The molecule has 0 bridgehead atoms. The Morgan fingerprint density at radius 1 is 0.778 bits per heavy atom. The van der Waals surface area contributed by atoms with Crippen molar-refractivity contribution in [1.82, 2.24) is 0 Å². The van der Waals surface area contributed by atoms with Crippen molar-refractivity contribution in [2.45, 2.75) is 0 Å². The average Bonchev–Trinajstić information content (AvgIpc) is 2.39. The highest BCUT2D eigenvalue weighted by molar-refractivity contribution is 5.49. The molecule has 0 saturated heterocycles. The maximum atomic E-state index is 5.38. The van der Waals surface area contributed by atoms with Crippen molar-refractivity contribution in [3.8, 4) is 36.1 Å². The van der Waals surface area contributed by atoms with Gasteiger partial charge in [-0.1, -0.05) is 11.8 Å². The van der Waals surface area contributed by atoms with E-state index in [0.717, 1.165) is 22.5 Å². The van der Waals surface area contributed by atoms with E-state index in [9.17, 15) is 0 Å². The molecule has 2 rings (SSSR count). The predicted molar refractivity (Wildman–Crippen MR) is 70.1 cm³/mol. The molecule has 0 radical (unpaired) electrons. The topological polar surface area (TPSA) is 7.76 Å². The lowest BCUT2D eigenvalue weighted by Crippen LogP contribution is -2.38. The lowest BCUT2D eigenvalue weighted by atomic mass is 10.1. The maximum absolute atomic E-state index is 5.38. The monoisotopic (exact) mass is 234 g/mol. The minimum absolute atomic E-state index is 0.865. The fourth-order valence-electron chi connectivity index (χ4n) is 1.92. The first kappa shape index (κ1) is 11.9. The summed E-state index contributed by atoms with van der Waals surface area (Å²) in [5.41, 5.74) is 3.90. The molecule has 0 saturated carbocycles. The van der Waals surface area contributed by atoms with Crippen LogP contribution in [0.25, 0.3) is 11.4 Å². The second-order valence-corrected chi connectivity index (χ2v) is 4.12. The van der Waals surface area contributed by atoms with E-state index < -0.39 is 0 Å². The van der Waals surface area contributed by atoms with Crippen LogP contribution in [0.1, 0.15) is 11.1 Å². The summed E-state index contributed by atoms with van der Waals surface area (Å²) < 4.78 is 4.03. The number of nitrogens with zero attached hydrogens (tertiary/aromatic N) is 2. The third-order valence-electron chi connectivity index (χ3n) is 2.86. The van der Waals surface area contributed by atoms with Gasteiger partial charge in [0.2, 0.25) is 0 Å². The van der Waals surface area contributed by atoms with E-state index in [1.165, 1.54) is 0 Å². The van der Waals surface area contributed by atoms with Crippen molar-refractivity contribution in [2.24, 2.45) is 14.1 Å². The highest BCUT2D eigenvalue weighted by Gasteiger charge is 2.19. The van der Waals surface area contributed by atoms with Gasteiger partial charge in [0.25, 0.3) is 11.4 Å². The first-order valence-corrected chi connectivity index (χ1v) is 5.58. The van der Waals surface area contributed by atoms with Crippen molar-refractivity contribution >= 4 is 0 Å². The number of aryl methyl sites for hydroxylation is 2. The number of hydrogen-bond donors (Lipinski definition) is 0. The fraction of sp³-hybridized carbons (Fsp3) is 0.125. The second-order valence-electron chi connectivity index (χ2n) is 4.12. The normalized spacial score (nSPS) is 9.56. The van der Waals surface area contributed by atoms with Gasteiger partial charge in [0.05, 0.1) is 11.1 Å². The standard InChI is InChI=1S/C16H14N2/c1-5-13-7-9-15(17(3)11-13)16-10-8-14(6-2)12-18(16)4/h1-2,7-12H,3-4H3/q+2. The molecule has 0 amide bonds. The van der Waals surface area contributed by atoms with E-state index in [2.05, 4.69) is 11.8 Å². The molecule has 2 nitrogen and oxygen atoms in total. The smallest absolute Gasteiger partial charge is 0.195 e. The van der Waals surface area contributed by atoms with Gasteiger partial charge < -0.3 is 0 Å². The zero-order valence-corrected chi connectivity index (χ0v) is 10.5. The van der Waals surface area contributed by atoms with Gasteiger partial charge >= 0.3 is 0 Å². The first-order chi connectivity index (χ1) is 8.65. The van der Waals surface area contributed by atoms with Gasteiger partial charge in [0, 0.05) is 12.1 Å². The van der Waals surface area contributed by atoms with E-state index in [4.69, 9.17) is 12.8 Å². The van der Waals surface area contributed by atoms with Crippen molar-refractivity contribution in [3.05, 3.63) is 47.8 Å². The molecule has 0 spiro atoms. The Labute approximate surface area is 108 Å². The van der Waals surface area contributed by atoms with E-state index in [-0.39, 0.29) is 0 Å². The molecule has 0 atom stereocenters. The Morgan fingerprint density at radius 3 is 1.44 bits per heavy atom. The van der Waals surface area contributed by atoms with Gasteiger partial charge in [0.15, 0.2) is 12.4 Å². The summed E-state index contributed by atoms with van der Waals surface area (Å²) in [5, 5.41) is 0. The number of terminal acetylenes is 2. The summed E-state index contributed by atoms with van der Waals surface area (Å²) in [6, 6.07) is 7.90. The van der Waals surface area contributed by atoms with Crippen LogP contribution in [0.2, 0.25) is 0 Å². The molecule has 0 aliphatic rings. The quantitative estimate of drug-likeness (QED) is 0.513. The molecule has 0 unspecified atom stereocenters. The van der Waals surface area contributed by atoms with Crippen LogP contribution in [-0.4, -0.2) is 0 Å². The van der Waals surface area contributed by atoms with E-state index >= 15 is 0 Å². The third kappa shape index (κ3) is 2.10. The molecular formula is C16H14N2+2. The largest absolute Gasteiger partial charge is 0.277 e. The van der Waals surface area contributed by atoms with Gasteiger partial charge in [-0.3, -0.25) is 0 Å². The predicted octanol–water partition coefficient (Wildman–Crippen LogP) is 0.965. The molecular weight excluding hydrogens is 220 g/mol. The average molecular weight is 234 g/mol. The Balaban J connectivity index is 2.57. The molecule has 86 valence electrons. The summed E-state index contributed by atoms with van der Waals surface area (Å²) in [5.74, 6) is 5.25. The molecule has 0 aromatic carbocycles. The molecule has 0 aliphatic carbocycles. The van der Waals surface area contributed by atoms with Gasteiger partial charge in [-0.2, -0.15) is 9.13 Å². The van der Waals surface area contributed by atoms with Crippen LogP contribution >= 0.6 is 0 Å². The van der Waals surface area contributed by atoms with Gasteiger partial charge in [-0.25, -0.2) is 0 Å². The molecule has 0 fully saturated rings. The summed E-state index contributed by atoms with van der Waals surface area (Å²) in [6.07, 6.45) is 14.6. The highest BCUT2D eigenvalue weighted by atomic mass is 15.0. The Kier molecular flexibility index (Phi) is 3.13. The van der Waals surface area contributed by atoms with Crippen LogP contribution in [0.4, 0.5) is 0 Å². The van der Waals surface area contributed by atoms with Crippen molar-refractivity contribution in [3.63, 3.8) is 0 Å². The van der Waals surface area contributed by atoms with Crippen LogP contribution in [0, 0.1) is 24.7 Å². The number of pyridine rings is 2. The first-order valence-electron chi connectivity index (χ1n) is 5.58. The summed E-state index contributed by atoms with van der Waals surface area (Å²) in [6.45, 7) is 0. The van der Waals surface area contributed by atoms with Crippen molar-refractivity contribution in [2.75, 3.05) is 0 Å². The Morgan fingerprint density at radius 2 is 1.17 bits per heavy atom. The van der Waals surface area contributed by atoms with Crippen molar-refractivity contribution < 1.29 is 9.13 Å². The number of aromatic nitrogens is 2. The number of rotatable bonds is 1. The lowest BCUT2D eigenvalue weighted by molar-refractivity contribution is -0.690. The Bertz CT molecular complexity index is 624. The van der Waals surface area contributed by atoms with Crippen LogP contribution in [0.15, 0.2) is 36.7 Å². The molecule has 2 heterocycles. The fourth-order valence-corrected chi connectivity index (χ4v) is 1.92. The maximum Gasteiger partial charge on any atom is 0.277 e. The van der Waals surface area contributed by atoms with Gasteiger partial charge in [0.1, 0.15) is 14.1 Å². The lowest BCUT2D eigenvalue weighted by Gasteiger charge is -2.00. The Hall–Kier alpha value is -2.58. The van der Waals surface area contributed by atoms with E-state index in [1.54, 1.807) is 0 Å². The second kappa shape index (κ2) is 4.73. The summed E-state index contributed by atoms with van der Waals surface area (Å²) >= 11 is 0. The van der Waals surface area contributed by atoms with Crippen LogP contribution in [0.5, 0.6) is 0 Å². The minimum atomic E-state index is 0.865. The summed E-state index contributed by atoms with van der Waals surface area (Å²) in [7, 11) is 3.95. The highest BCUT2D eigenvalue weighted by Crippen LogP contribution is 2.11.